The van der Waals surface area contributed by atoms with Crippen LogP contribution in [0.4, 0.5) is 20.6 Å². The van der Waals surface area contributed by atoms with Crippen molar-refractivity contribution in [2.45, 2.75) is 37.8 Å². The van der Waals surface area contributed by atoms with Gasteiger partial charge in [-0.15, -0.1) is 0 Å². The van der Waals surface area contributed by atoms with Gasteiger partial charge in [-0.05, 0) is 73.0 Å². The van der Waals surface area contributed by atoms with Crippen LogP contribution in [0.3, 0.4) is 0 Å². The van der Waals surface area contributed by atoms with Crippen molar-refractivity contribution in [1.29, 1.82) is 0 Å². The number of sulfone groups is 1. The number of para-hydroxylation sites is 1. The Morgan fingerprint density at radius 1 is 1.00 bits per heavy atom. The summed E-state index contributed by atoms with van der Waals surface area (Å²) in [4.78, 5) is 34.3. The zero-order valence-corrected chi connectivity index (χ0v) is 25.8. The maximum Gasteiger partial charge on any atom is 0.326 e. The number of rotatable bonds is 9. The third-order valence-electron chi connectivity index (χ3n) is 7.54. The second-order valence-corrected chi connectivity index (χ2v) is 12.8. The molecule has 242 valence electrons. The fourth-order valence-corrected chi connectivity index (χ4v) is 5.84. The highest BCUT2D eigenvalue weighted by Gasteiger charge is 2.29. The minimum atomic E-state index is -3.28. The number of amides is 3. The molecule has 2 heterocycles. The maximum absolute atomic E-state index is 14.2. The van der Waals surface area contributed by atoms with Crippen molar-refractivity contribution in [2.24, 2.45) is 0 Å². The van der Waals surface area contributed by atoms with E-state index in [0.29, 0.717) is 23.9 Å². The number of nitrogens with zero attached hydrogens (tertiary/aromatic N) is 3. The molecule has 0 radical (unpaired) electrons. The minimum absolute atomic E-state index is 0. The average Bonchev–Trinajstić information content (AvgIpc) is 3.04. The van der Waals surface area contributed by atoms with Gasteiger partial charge < -0.3 is 15.4 Å². The van der Waals surface area contributed by atoms with Gasteiger partial charge >= 0.3 is 6.03 Å². The Balaban J connectivity index is 0.00000480. The summed E-state index contributed by atoms with van der Waals surface area (Å²) in [5, 5.41) is 5.26. The molecule has 2 N–H and O–H groups in total. The summed E-state index contributed by atoms with van der Waals surface area (Å²) in [6, 6.07) is 22.8. The molecule has 4 aromatic rings. The first-order valence-corrected chi connectivity index (χ1v) is 16.3. The fraction of sp³-hybridized carbons (Fsp3) is 0.265. The van der Waals surface area contributed by atoms with Crippen LogP contribution in [0, 0.1) is 5.82 Å². The molecule has 1 aromatic heterocycles. The van der Waals surface area contributed by atoms with E-state index in [1.165, 1.54) is 31.3 Å². The van der Waals surface area contributed by atoms with Gasteiger partial charge in [-0.3, -0.25) is 14.6 Å². The van der Waals surface area contributed by atoms with Crippen LogP contribution in [-0.4, -0.2) is 62.7 Å². The lowest BCUT2D eigenvalue weighted by Crippen LogP contribution is -2.49. The van der Waals surface area contributed by atoms with Crippen molar-refractivity contribution in [3.63, 3.8) is 0 Å². The topological polar surface area (TPSA) is 121 Å². The van der Waals surface area contributed by atoms with E-state index in [0.717, 1.165) is 49.5 Å². The molecule has 12 heteroatoms. The van der Waals surface area contributed by atoms with Gasteiger partial charge in [-0.25, -0.2) is 22.6 Å². The van der Waals surface area contributed by atoms with Gasteiger partial charge in [0.1, 0.15) is 11.6 Å². The number of carbonyl (C=O) groups is 2. The highest BCUT2D eigenvalue weighted by atomic mass is 32.2. The van der Waals surface area contributed by atoms with E-state index in [1.807, 2.05) is 36.4 Å². The molecule has 5 rings (SSSR count). The summed E-state index contributed by atoms with van der Waals surface area (Å²) in [6.07, 6.45) is 4.37. The number of piperidine rings is 1. The number of pyridine rings is 1. The second kappa shape index (κ2) is 15.0. The second-order valence-electron chi connectivity index (χ2n) is 10.8. The van der Waals surface area contributed by atoms with Gasteiger partial charge in [-0.2, -0.15) is 0 Å². The molecule has 1 saturated heterocycles. The Kier molecular flexibility index (Phi) is 11.1. The van der Waals surface area contributed by atoms with Crippen molar-refractivity contribution in [3.8, 4) is 11.6 Å². The number of urea groups is 1. The Morgan fingerprint density at radius 2 is 1.70 bits per heavy atom. The van der Waals surface area contributed by atoms with E-state index in [9.17, 15) is 22.4 Å². The fourth-order valence-electron chi connectivity index (χ4n) is 5.21. The van der Waals surface area contributed by atoms with Crippen LogP contribution in [0.2, 0.25) is 0 Å². The summed E-state index contributed by atoms with van der Waals surface area (Å²) in [5.74, 6) is -0.353. The largest absolute Gasteiger partial charge is 0.439 e. The van der Waals surface area contributed by atoms with Crippen LogP contribution in [0.5, 0.6) is 11.6 Å². The lowest BCUT2D eigenvalue weighted by atomic mass is 10.0. The summed E-state index contributed by atoms with van der Waals surface area (Å²) in [6.45, 7) is 2.19. The van der Waals surface area contributed by atoms with Crippen molar-refractivity contribution in [1.82, 2.24) is 15.2 Å². The number of likely N-dealkylation sites (tertiary alicyclic amines) is 1. The molecular weight excluding hydrogens is 609 g/mol. The van der Waals surface area contributed by atoms with E-state index in [2.05, 4.69) is 20.5 Å². The van der Waals surface area contributed by atoms with Crippen molar-refractivity contribution in [2.75, 3.05) is 36.6 Å². The Morgan fingerprint density at radius 3 is 2.30 bits per heavy atom. The molecule has 1 fully saturated rings. The number of hydrogen-bond donors (Lipinski definition) is 2. The van der Waals surface area contributed by atoms with Crippen LogP contribution < -0.4 is 20.3 Å². The molecule has 3 aromatic carbocycles. The van der Waals surface area contributed by atoms with Gasteiger partial charge in [-0.1, -0.05) is 31.7 Å². The number of halogens is 1. The van der Waals surface area contributed by atoms with Crippen LogP contribution >= 0.6 is 0 Å². The van der Waals surface area contributed by atoms with Gasteiger partial charge in [0.2, 0.25) is 5.88 Å². The predicted octanol–water partition coefficient (Wildman–Crippen LogP) is 6.12. The zero-order valence-electron chi connectivity index (χ0n) is 24.9. The lowest BCUT2D eigenvalue weighted by Gasteiger charge is -2.38. The molecular formula is C34H38FN5O5S. The van der Waals surface area contributed by atoms with E-state index in [-0.39, 0.29) is 30.0 Å². The standard InChI is InChI=1S/C33H34FN5O5S.CH4/c1-35-32(40)29-20-24(9-14-30(29)34)37-33(41)39(25-6-4-3-5-7-25)26-16-18-38(19-17-26)22-23-8-15-31(36-21-23)44-27-10-12-28(13-11-27)45(2,42)43;/h3-15,20-21,26H,16-19,22H2,1-2H3,(H,35,40)(H,37,41);1H4. The monoisotopic (exact) mass is 647 g/mol. The highest BCUT2D eigenvalue weighted by Crippen LogP contribution is 2.27. The molecule has 46 heavy (non-hydrogen) atoms. The van der Waals surface area contributed by atoms with Gasteiger partial charge in [0.15, 0.2) is 9.84 Å². The number of carbonyl (C=O) groups excluding carboxylic acids is 2. The molecule has 0 aliphatic carbocycles. The van der Waals surface area contributed by atoms with Crippen molar-refractivity contribution >= 4 is 33.2 Å². The van der Waals surface area contributed by atoms with Crippen LogP contribution in [0.25, 0.3) is 0 Å². The first kappa shape index (κ1) is 34.1. The third-order valence-corrected chi connectivity index (χ3v) is 8.67. The number of anilines is 2. The number of benzene rings is 3. The highest BCUT2D eigenvalue weighted by molar-refractivity contribution is 7.90. The molecule has 0 unspecified atom stereocenters. The predicted molar refractivity (Wildman–Crippen MR) is 177 cm³/mol. The van der Waals surface area contributed by atoms with Crippen molar-refractivity contribution < 1.29 is 27.1 Å². The van der Waals surface area contributed by atoms with E-state index in [1.54, 1.807) is 29.3 Å². The summed E-state index contributed by atoms with van der Waals surface area (Å²) in [5.41, 5.74) is 1.93. The SMILES string of the molecule is C.CNC(=O)c1cc(NC(=O)N(c2ccccc2)C2CCN(Cc3ccc(Oc4ccc(S(C)(=O)=O)cc4)nc3)CC2)ccc1F. The van der Waals surface area contributed by atoms with Crippen LogP contribution in [0.1, 0.15) is 36.2 Å². The molecule has 1 aliphatic rings. The van der Waals surface area contributed by atoms with Gasteiger partial charge in [0, 0.05) is 62.6 Å². The molecule has 0 saturated carbocycles. The third kappa shape index (κ3) is 8.46. The molecule has 0 bridgehead atoms. The van der Waals surface area contributed by atoms with E-state index in [4.69, 9.17) is 4.74 Å². The number of nitrogens with one attached hydrogen (secondary N) is 2. The maximum atomic E-state index is 14.2. The number of aromatic nitrogens is 1. The lowest BCUT2D eigenvalue weighted by molar-refractivity contribution is 0.0959. The molecule has 3 amide bonds. The summed E-state index contributed by atoms with van der Waals surface area (Å²) < 4.78 is 43.3. The summed E-state index contributed by atoms with van der Waals surface area (Å²) >= 11 is 0. The Bertz CT molecular complexity index is 1750. The number of hydrogen-bond acceptors (Lipinski definition) is 7. The van der Waals surface area contributed by atoms with Gasteiger partial charge in [0.25, 0.3) is 5.91 Å². The molecule has 0 spiro atoms. The normalized spacial score (nSPS) is 13.7. The first-order valence-electron chi connectivity index (χ1n) is 14.4. The molecule has 10 nitrogen and oxygen atoms in total. The zero-order chi connectivity index (χ0) is 32.0. The first-order chi connectivity index (χ1) is 21.6. The average molecular weight is 648 g/mol. The van der Waals surface area contributed by atoms with Gasteiger partial charge in [0.05, 0.1) is 10.5 Å². The Hall–Kier alpha value is -4.81. The van der Waals surface area contributed by atoms with Crippen LogP contribution in [0.15, 0.2) is 96.0 Å². The Labute approximate surface area is 269 Å². The smallest absolute Gasteiger partial charge is 0.326 e. The molecule has 1 aliphatic heterocycles. The van der Waals surface area contributed by atoms with Crippen molar-refractivity contribution in [3.05, 3.63) is 108 Å². The number of ether oxygens (including phenoxy) is 1. The minimum Gasteiger partial charge on any atom is -0.439 e. The molecule has 0 atom stereocenters. The van der Waals surface area contributed by atoms with Crippen LogP contribution in [-0.2, 0) is 16.4 Å². The quantitative estimate of drug-likeness (QED) is 0.225. The van der Waals surface area contributed by atoms with E-state index >= 15 is 0 Å². The summed E-state index contributed by atoms with van der Waals surface area (Å²) in [7, 11) is -1.86. The van der Waals surface area contributed by atoms with E-state index < -0.39 is 21.6 Å².